The number of piperazine rings is 1. The number of hydrogen-bond donors (Lipinski definition) is 2. The Hall–Kier alpha value is -3.73. The van der Waals surface area contributed by atoms with Gasteiger partial charge in [-0.15, -0.1) is 0 Å². The number of anilines is 1. The van der Waals surface area contributed by atoms with Gasteiger partial charge in [0.1, 0.15) is 22.9 Å². The molecule has 192 valence electrons. The van der Waals surface area contributed by atoms with Gasteiger partial charge in [0, 0.05) is 43.9 Å². The van der Waals surface area contributed by atoms with E-state index in [0.29, 0.717) is 37.5 Å². The molecular weight excluding hydrogens is 462 g/mol. The Labute approximate surface area is 210 Å². The topological polar surface area (TPSA) is 120 Å². The van der Waals surface area contributed by atoms with Crippen LogP contribution in [0.3, 0.4) is 0 Å². The minimum Gasteiger partial charge on any atom is -0.497 e. The second-order valence-electron chi connectivity index (χ2n) is 9.61. The lowest BCUT2D eigenvalue weighted by molar-refractivity contribution is -0.139. The first kappa shape index (κ1) is 25.4. The number of amides is 4. The summed E-state index contributed by atoms with van der Waals surface area (Å²) in [7, 11) is 1.53. The highest BCUT2D eigenvalue weighted by Gasteiger charge is 2.50. The molecule has 2 N–H and O–H groups in total. The lowest BCUT2D eigenvalue weighted by Crippen LogP contribution is -2.53. The zero-order valence-electron chi connectivity index (χ0n) is 21.4. The van der Waals surface area contributed by atoms with E-state index in [2.05, 4.69) is 34.5 Å². The van der Waals surface area contributed by atoms with E-state index in [4.69, 9.17) is 9.72 Å². The number of nitrogens with one attached hydrogen (secondary N) is 2. The number of urea groups is 1. The first-order chi connectivity index (χ1) is 17.1. The second-order valence-corrected chi connectivity index (χ2v) is 9.61. The van der Waals surface area contributed by atoms with Gasteiger partial charge in [0.05, 0.1) is 13.7 Å². The first-order valence-corrected chi connectivity index (χ1v) is 12.0. The lowest BCUT2D eigenvalue weighted by Gasteiger charge is -2.35. The predicted octanol–water partition coefficient (Wildman–Crippen LogP) is 1.54. The number of hydrogen-bond acceptors (Lipinski definition) is 8. The fourth-order valence-corrected chi connectivity index (χ4v) is 4.36. The molecule has 1 atom stereocenters. The predicted molar refractivity (Wildman–Crippen MR) is 133 cm³/mol. The molecule has 2 aliphatic heterocycles. The Balaban J connectivity index is 1.34. The van der Waals surface area contributed by atoms with Gasteiger partial charge in [-0.2, -0.15) is 5.01 Å². The van der Waals surface area contributed by atoms with E-state index in [1.54, 1.807) is 31.2 Å². The number of carbonyl (C=O) groups excluding carboxylic acids is 3. The molecule has 0 aliphatic carbocycles. The molecule has 2 aromatic rings. The average Bonchev–Trinajstić information content (AvgIpc) is 3.07. The number of nitrogens with zero attached hydrogens (tertiary/aromatic N) is 5. The summed E-state index contributed by atoms with van der Waals surface area (Å²) in [5.74, 6) is 1.54. The molecule has 0 saturated carbocycles. The second kappa shape index (κ2) is 10.1. The Morgan fingerprint density at radius 2 is 1.89 bits per heavy atom. The van der Waals surface area contributed by atoms with Crippen molar-refractivity contribution in [2.75, 3.05) is 44.7 Å². The van der Waals surface area contributed by atoms with Crippen molar-refractivity contribution >= 4 is 23.7 Å². The van der Waals surface area contributed by atoms with Crippen molar-refractivity contribution in [1.29, 1.82) is 0 Å². The molecule has 1 unspecified atom stereocenters. The zero-order valence-corrected chi connectivity index (χ0v) is 21.4. The van der Waals surface area contributed by atoms with Crippen LogP contribution in [0.2, 0.25) is 0 Å². The van der Waals surface area contributed by atoms with Crippen molar-refractivity contribution < 1.29 is 19.1 Å². The highest BCUT2D eigenvalue weighted by molar-refractivity contribution is 6.08. The van der Waals surface area contributed by atoms with Gasteiger partial charge in [0.15, 0.2) is 0 Å². The minimum absolute atomic E-state index is 0.0703. The number of hydrazine groups is 1. The Morgan fingerprint density at radius 1 is 1.17 bits per heavy atom. The van der Waals surface area contributed by atoms with Crippen LogP contribution in [0.5, 0.6) is 5.75 Å². The standard InChI is InChI=1S/C25H33N7O4/c1-16(2)22-26-17(3)13-20(27-22)31-11-9-30(10-12-31)15-21(33)29-32-23(34)25(4,28-24(32)35)18-7-6-8-19(14-18)36-5/h6-8,13-14,16H,9-12,15H2,1-5H3,(H,28,35)(H,29,33). The molecule has 1 aromatic carbocycles. The number of methoxy groups -OCH3 is 1. The Kier molecular flexibility index (Phi) is 7.11. The van der Waals surface area contributed by atoms with Gasteiger partial charge in [-0.3, -0.25) is 19.9 Å². The number of imide groups is 1. The van der Waals surface area contributed by atoms with Gasteiger partial charge in [-0.05, 0) is 31.5 Å². The molecule has 2 aliphatic rings. The summed E-state index contributed by atoms with van der Waals surface area (Å²) in [4.78, 5) is 51.8. The summed E-state index contributed by atoms with van der Waals surface area (Å²) < 4.78 is 5.23. The van der Waals surface area contributed by atoms with Crippen LogP contribution in [-0.2, 0) is 15.1 Å². The summed E-state index contributed by atoms with van der Waals surface area (Å²) in [6.07, 6.45) is 0. The number of ether oxygens (including phenoxy) is 1. The summed E-state index contributed by atoms with van der Waals surface area (Å²) in [5, 5.41) is 3.44. The molecule has 1 aromatic heterocycles. The number of aryl methyl sites for hydroxylation is 1. The summed E-state index contributed by atoms with van der Waals surface area (Å²) >= 11 is 0. The van der Waals surface area contributed by atoms with Crippen molar-refractivity contribution in [3.05, 3.63) is 47.4 Å². The van der Waals surface area contributed by atoms with Gasteiger partial charge in [-0.25, -0.2) is 14.8 Å². The molecule has 0 radical (unpaired) electrons. The number of carbonyl (C=O) groups is 3. The van der Waals surface area contributed by atoms with Gasteiger partial charge < -0.3 is 15.0 Å². The molecule has 11 nitrogen and oxygen atoms in total. The fourth-order valence-electron chi connectivity index (χ4n) is 4.36. The van der Waals surface area contributed by atoms with E-state index in [-0.39, 0.29) is 12.5 Å². The molecular formula is C25H33N7O4. The molecule has 4 amide bonds. The lowest BCUT2D eigenvalue weighted by atomic mass is 9.92. The number of aromatic nitrogens is 2. The Bertz CT molecular complexity index is 1160. The fraction of sp³-hybridized carbons (Fsp3) is 0.480. The highest BCUT2D eigenvalue weighted by Crippen LogP contribution is 2.30. The molecule has 0 spiro atoms. The smallest absolute Gasteiger partial charge is 0.344 e. The molecule has 0 bridgehead atoms. The van der Waals surface area contributed by atoms with E-state index in [0.717, 1.165) is 22.3 Å². The van der Waals surface area contributed by atoms with Crippen LogP contribution in [0.4, 0.5) is 10.6 Å². The normalized spacial score (nSPS) is 20.6. The summed E-state index contributed by atoms with van der Waals surface area (Å²) in [6, 6.07) is 8.21. The van der Waals surface area contributed by atoms with Crippen molar-refractivity contribution in [2.45, 2.75) is 39.2 Å². The van der Waals surface area contributed by atoms with Crippen LogP contribution in [-0.4, -0.2) is 77.6 Å². The van der Waals surface area contributed by atoms with E-state index >= 15 is 0 Å². The van der Waals surface area contributed by atoms with Gasteiger partial charge in [0.25, 0.3) is 11.8 Å². The summed E-state index contributed by atoms with van der Waals surface area (Å²) in [6.45, 7) is 10.5. The maximum Gasteiger partial charge on any atom is 0.344 e. The van der Waals surface area contributed by atoms with E-state index in [1.165, 1.54) is 7.11 Å². The van der Waals surface area contributed by atoms with Gasteiger partial charge >= 0.3 is 6.03 Å². The van der Waals surface area contributed by atoms with Crippen LogP contribution in [0.25, 0.3) is 0 Å². The minimum atomic E-state index is -1.31. The number of benzene rings is 1. The molecule has 2 saturated heterocycles. The van der Waals surface area contributed by atoms with Crippen LogP contribution >= 0.6 is 0 Å². The van der Waals surface area contributed by atoms with Crippen LogP contribution in [0.15, 0.2) is 30.3 Å². The Morgan fingerprint density at radius 3 is 2.56 bits per heavy atom. The third-order valence-corrected chi connectivity index (χ3v) is 6.51. The maximum absolute atomic E-state index is 13.1. The highest BCUT2D eigenvalue weighted by atomic mass is 16.5. The SMILES string of the molecule is COc1cccc(C2(C)NC(=O)N(NC(=O)CN3CCN(c4cc(C)nc(C(C)C)n4)CC3)C2=O)c1. The van der Waals surface area contributed by atoms with E-state index in [1.807, 2.05) is 17.9 Å². The van der Waals surface area contributed by atoms with Crippen molar-refractivity contribution in [3.8, 4) is 5.75 Å². The monoisotopic (exact) mass is 495 g/mol. The molecule has 11 heteroatoms. The van der Waals surface area contributed by atoms with Crippen LogP contribution in [0.1, 0.15) is 43.8 Å². The third kappa shape index (κ3) is 5.11. The first-order valence-electron chi connectivity index (χ1n) is 12.0. The largest absolute Gasteiger partial charge is 0.497 e. The van der Waals surface area contributed by atoms with Crippen LogP contribution < -0.4 is 20.4 Å². The van der Waals surface area contributed by atoms with Crippen molar-refractivity contribution in [3.63, 3.8) is 0 Å². The van der Waals surface area contributed by atoms with Crippen molar-refractivity contribution in [2.24, 2.45) is 0 Å². The zero-order chi connectivity index (χ0) is 26.0. The van der Waals surface area contributed by atoms with Gasteiger partial charge in [-0.1, -0.05) is 26.0 Å². The third-order valence-electron chi connectivity index (χ3n) is 6.51. The van der Waals surface area contributed by atoms with Gasteiger partial charge in [0.2, 0.25) is 0 Å². The van der Waals surface area contributed by atoms with E-state index in [9.17, 15) is 14.4 Å². The molecule has 2 fully saturated rings. The average molecular weight is 496 g/mol. The van der Waals surface area contributed by atoms with Crippen molar-refractivity contribution in [1.82, 2.24) is 30.6 Å². The molecule has 4 rings (SSSR count). The van der Waals surface area contributed by atoms with Crippen LogP contribution in [0, 0.1) is 6.92 Å². The molecule has 36 heavy (non-hydrogen) atoms. The number of rotatable bonds is 7. The molecule has 3 heterocycles. The van der Waals surface area contributed by atoms with E-state index < -0.39 is 23.4 Å². The summed E-state index contributed by atoms with van der Waals surface area (Å²) in [5.41, 5.74) is 2.66. The maximum atomic E-state index is 13.1. The quantitative estimate of drug-likeness (QED) is 0.555.